The number of fused-ring (bicyclic) bond motifs is 1. The number of nitrogen functional groups attached to an aromatic ring is 2. The molecular formula is C18H32N7O13P3S2. The molecule has 3 unspecified atom stereocenters. The predicted molar refractivity (Wildman–Crippen MR) is 155 cm³/mol. The van der Waals surface area contributed by atoms with Crippen molar-refractivity contribution in [3.05, 3.63) is 6.33 Å². The average molecular weight is 712 g/mol. The van der Waals surface area contributed by atoms with Crippen molar-refractivity contribution >= 4 is 73.9 Å². The van der Waals surface area contributed by atoms with Crippen molar-refractivity contribution in [2.75, 3.05) is 30.6 Å². The van der Waals surface area contributed by atoms with Crippen LogP contribution in [0, 0.1) is 0 Å². The minimum absolute atomic E-state index is 0.0300. The number of nitrogens with two attached hydrogens (primary N) is 2. The number of phosphoric acid groups is 3. The van der Waals surface area contributed by atoms with Gasteiger partial charge in [-0.05, 0) is 13.8 Å². The van der Waals surface area contributed by atoms with Crippen LogP contribution in [0.2, 0.25) is 0 Å². The van der Waals surface area contributed by atoms with Crippen LogP contribution in [0.4, 0.5) is 11.8 Å². The Bertz CT molecular complexity index is 1440. The van der Waals surface area contributed by atoms with Gasteiger partial charge in [0.2, 0.25) is 11.9 Å². The first-order valence-electron chi connectivity index (χ1n) is 12.2. The first kappa shape index (κ1) is 36.1. The molecule has 2 aromatic rings. The van der Waals surface area contributed by atoms with Crippen molar-refractivity contribution in [3.63, 3.8) is 0 Å². The van der Waals surface area contributed by atoms with E-state index in [-0.39, 0.29) is 45.9 Å². The van der Waals surface area contributed by atoms with Crippen molar-refractivity contribution in [1.29, 1.82) is 0 Å². The summed E-state index contributed by atoms with van der Waals surface area (Å²) in [5.74, 6) is -0.0613. The molecular weight excluding hydrogens is 679 g/mol. The second-order valence-corrected chi connectivity index (χ2v) is 16.8. The van der Waals surface area contributed by atoms with Crippen LogP contribution in [-0.2, 0) is 41.1 Å². The van der Waals surface area contributed by atoms with E-state index in [0.717, 1.165) is 0 Å². The monoisotopic (exact) mass is 711 g/mol. The Morgan fingerprint density at radius 2 is 1.88 bits per heavy atom. The van der Waals surface area contributed by atoms with Gasteiger partial charge in [-0.25, -0.2) is 18.7 Å². The van der Waals surface area contributed by atoms with Crippen molar-refractivity contribution in [1.82, 2.24) is 24.8 Å². The summed E-state index contributed by atoms with van der Waals surface area (Å²) in [6.45, 7) is 5.30. The fraction of sp³-hybridized carbons (Fsp3) is 0.667. The Morgan fingerprint density at radius 3 is 2.53 bits per heavy atom. The van der Waals surface area contributed by atoms with Gasteiger partial charge in [0.1, 0.15) is 23.8 Å². The van der Waals surface area contributed by atoms with Gasteiger partial charge in [0, 0.05) is 24.1 Å². The number of nitrogens with zero attached hydrogens (tertiary/aromatic N) is 4. The van der Waals surface area contributed by atoms with Gasteiger partial charge in [-0.1, -0.05) is 28.5 Å². The van der Waals surface area contributed by atoms with E-state index in [1.54, 1.807) is 6.92 Å². The van der Waals surface area contributed by atoms with E-state index >= 15 is 0 Å². The number of anilines is 2. The number of aromatic nitrogens is 4. The molecule has 0 aliphatic carbocycles. The van der Waals surface area contributed by atoms with Crippen LogP contribution in [0.25, 0.3) is 11.2 Å². The van der Waals surface area contributed by atoms with Crippen LogP contribution in [0.1, 0.15) is 39.8 Å². The third-order valence-electron chi connectivity index (χ3n) is 5.42. The zero-order valence-electron chi connectivity index (χ0n) is 22.9. The highest BCUT2D eigenvalue weighted by atomic mass is 33.1. The minimum Gasteiger partial charge on any atom is -0.382 e. The van der Waals surface area contributed by atoms with Gasteiger partial charge in [-0.15, -0.1) is 0 Å². The largest absolute Gasteiger partial charge is 0.490 e. The molecule has 0 saturated carbocycles. The molecule has 25 heteroatoms. The zero-order valence-corrected chi connectivity index (χ0v) is 27.2. The summed E-state index contributed by atoms with van der Waals surface area (Å²) in [6.07, 6.45) is -0.815. The Labute approximate surface area is 252 Å². The molecule has 3 rings (SSSR count). The first-order chi connectivity index (χ1) is 19.8. The highest BCUT2D eigenvalue weighted by molar-refractivity contribution is 8.77. The lowest BCUT2D eigenvalue weighted by atomic mass is 10.2. The van der Waals surface area contributed by atoms with E-state index in [1.165, 1.54) is 32.5 Å². The Hall–Kier alpha value is -1.35. The molecule has 20 nitrogen and oxygen atoms in total. The number of carbonyl (C=O) groups excluding carboxylic acids is 1. The lowest BCUT2D eigenvalue weighted by Crippen LogP contribution is -2.35. The lowest BCUT2D eigenvalue weighted by Gasteiger charge is -2.24. The molecule has 0 aromatic carbocycles. The number of ether oxygens (including phenoxy) is 2. The van der Waals surface area contributed by atoms with Crippen LogP contribution in [0.5, 0.6) is 0 Å². The second kappa shape index (κ2) is 14.4. The molecule has 244 valence electrons. The van der Waals surface area contributed by atoms with Crippen molar-refractivity contribution < 1.29 is 60.7 Å². The molecule has 9 N–H and O–H groups in total. The molecule has 1 aliphatic rings. The molecule has 1 saturated heterocycles. The standard InChI is InChI=1S/C18H32N7O13P3S2/c1-4-12(26)21-7-18(2,3)43-42-9-34-10-5-13(25-8-22-14-15(19)23-17(20)24-16(14)25)36-11(10)6-35-40(30,31)38-41(32,33)37-39(27,28)29/h8,10-11,13H,4-7,9H2,1-3H3,(H,21,26)(H,30,31)(H,32,33)(H2,27,28,29)(H4,19,20,23,24)/t10-,11?,13-/m1/s1. The van der Waals surface area contributed by atoms with Gasteiger partial charge < -0.3 is 45.8 Å². The van der Waals surface area contributed by atoms with Gasteiger partial charge in [0.25, 0.3) is 0 Å². The fourth-order valence-electron chi connectivity index (χ4n) is 3.60. The summed E-state index contributed by atoms with van der Waals surface area (Å²) in [7, 11) is -13.9. The van der Waals surface area contributed by atoms with Crippen LogP contribution >= 0.6 is 45.1 Å². The average Bonchev–Trinajstić information content (AvgIpc) is 3.45. The third kappa shape index (κ3) is 11.2. The second-order valence-electron chi connectivity index (χ2n) is 9.46. The predicted octanol–water partition coefficient (Wildman–Crippen LogP) is 1.65. The normalized spacial score (nSPS) is 22.3. The quantitative estimate of drug-likeness (QED) is 0.0563. The molecule has 43 heavy (non-hydrogen) atoms. The third-order valence-corrected chi connectivity index (χ3v) is 12.2. The summed E-state index contributed by atoms with van der Waals surface area (Å²) < 4.78 is 60.2. The number of phosphoric ester groups is 1. The molecule has 1 aliphatic heterocycles. The summed E-state index contributed by atoms with van der Waals surface area (Å²) in [4.78, 5) is 60.5. The molecule has 0 bridgehead atoms. The molecule has 0 spiro atoms. The maximum atomic E-state index is 12.3. The van der Waals surface area contributed by atoms with Gasteiger partial charge in [-0.2, -0.15) is 18.6 Å². The number of hydrogen-bond donors (Lipinski definition) is 7. The van der Waals surface area contributed by atoms with Crippen LogP contribution < -0.4 is 16.8 Å². The molecule has 1 amide bonds. The number of imidazole rings is 1. The number of amides is 1. The zero-order chi connectivity index (χ0) is 32.2. The number of nitrogens with one attached hydrogen (secondary N) is 1. The number of carbonyl (C=O) groups is 1. The van der Waals surface area contributed by atoms with Crippen molar-refractivity contribution in [2.24, 2.45) is 0 Å². The van der Waals surface area contributed by atoms with Crippen molar-refractivity contribution in [2.45, 2.75) is 56.8 Å². The van der Waals surface area contributed by atoms with E-state index in [4.69, 9.17) is 35.3 Å². The topological polar surface area (TPSA) is 303 Å². The van der Waals surface area contributed by atoms with Gasteiger partial charge in [0.15, 0.2) is 11.5 Å². The van der Waals surface area contributed by atoms with Gasteiger partial charge in [-0.3, -0.25) is 13.9 Å². The first-order valence-corrected chi connectivity index (χ1v) is 19.0. The minimum atomic E-state index is -5.71. The smallest absolute Gasteiger partial charge is 0.382 e. The summed E-state index contributed by atoms with van der Waals surface area (Å²) >= 11 is 0. The summed E-state index contributed by atoms with van der Waals surface area (Å²) in [6, 6.07) is 0. The SMILES string of the molecule is CCC(=O)NCC(C)(C)SSCO[C@@H]1C[C@H](n2cnc3c(N)nc(N)nc32)OC1COP(=O)(O)OP(=O)(O)OP(=O)(O)O. The number of rotatable bonds is 16. The van der Waals surface area contributed by atoms with Crippen molar-refractivity contribution in [3.8, 4) is 0 Å². The Kier molecular flexibility index (Phi) is 12.1. The van der Waals surface area contributed by atoms with Crippen LogP contribution in [-0.4, -0.2) is 81.0 Å². The van der Waals surface area contributed by atoms with Crippen LogP contribution in [0.3, 0.4) is 0 Å². The van der Waals surface area contributed by atoms with E-state index < -0.39 is 48.5 Å². The van der Waals surface area contributed by atoms with E-state index in [9.17, 15) is 28.3 Å². The summed E-state index contributed by atoms with van der Waals surface area (Å²) in [5.41, 5.74) is 12.1. The molecule has 1 fully saturated rings. The molecule has 0 radical (unpaired) electrons. The van der Waals surface area contributed by atoms with Gasteiger partial charge in [0.05, 0.1) is 19.0 Å². The summed E-state index contributed by atoms with van der Waals surface area (Å²) in [5, 5.41) is 2.83. The maximum Gasteiger partial charge on any atom is 0.490 e. The fourth-order valence-corrected chi connectivity index (χ4v) is 8.80. The van der Waals surface area contributed by atoms with E-state index in [1.807, 2.05) is 13.8 Å². The number of hydrogen-bond acceptors (Lipinski definition) is 16. The molecule has 3 heterocycles. The van der Waals surface area contributed by atoms with E-state index in [0.29, 0.717) is 13.0 Å². The van der Waals surface area contributed by atoms with E-state index in [2.05, 4.69) is 28.9 Å². The highest BCUT2D eigenvalue weighted by Crippen LogP contribution is 2.66. The Morgan fingerprint density at radius 1 is 1.19 bits per heavy atom. The van der Waals surface area contributed by atoms with Gasteiger partial charge >= 0.3 is 23.5 Å². The van der Waals surface area contributed by atoms with Crippen LogP contribution in [0.15, 0.2) is 6.33 Å². The molecule has 2 aromatic heterocycles. The lowest BCUT2D eigenvalue weighted by molar-refractivity contribution is -0.120. The molecule has 5 atom stereocenters. The maximum absolute atomic E-state index is 12.3. The highest BCUT2D eigenvalue weighted by Gasteiger charge is 2.43. The Balaban J connectivity index is 1.70.